The van der Waals surface area contributed by atoms with Gasteiger partial charge in [-0.3, -0.25) is 0 Å². The Balaban J connectivity index is 2.18. The van der Waals surface area contributed by atoms with Crippen LogP contribution in [0.4, 0.5) is 0 Å². The molecule has 0 amide bonds. The fourth-order valence-corrected chi connectivity index (χ4v) is 1.64. The number of hydrogen-bond acceptors (Lipinski definition) is 3. The summed E-state index contributed by atoms with van der Waals surface area (Å²) in [4.78, 5) is 11.2. The first kappa shape index (κ1) is 8.91. The summed E-state index contributed by atoms with van der Waals surface area (Å²) in [5.74, 6) is 0.619. The summed E-state index contributed by atoms with van der Waals surface area (Å²) < 4.78 is 0. The normalized spacial score (nSPS) is 10.8. The van der Waals surface area contributed by atoms with Gasteiger partial charge in [0, 0.05) is 5.39 Å². The van der Waals surface area contributed by atoms with Crippen LogP contribution in [-0.2, 0) is 0 Å². The lowest BCUT2D eigenvalue weighted by molar-refractivity contribution is 0.457. The molecule has 3 aromatic rings. The van der Waals surface area contributed by atoms with E-state index in [4.69, 9.17) is 0 Å². The van der Waals surface area contributed by atoms with Crippen LogP contribution in [0.5, 0.6) is 5.88 Å². The molecule has 0 radical (unpaired) electrons. The number of aromatic amines is 1. The van der Waals surface area contributed by atoms with Crippen molar-refractivity contribution in [2.45, 2.75) is 0 Å². The second-order valence-corrected chi connectivity index (χ2v) is 3.51. The SMILES string of the molecule is Oc1cnc(-c2ccc3ccccc3n2)[nH]1. The zero-order valence-corrected chi connectivity index (χ0v) is 8.38. The topological polar surface area (TPSA) is 61.8 Å². The average Bonchev–Trinajstić information content (AvgIpc) is 2.75. The van der Waals surface area contributed by atoms with Crippen LogP contribution in [0.2, 0.25) is 0 Å². The molecule has 3 rings (SSSR count). The third-order valence-electron chi connectivity index (χ3n) is 2.40. The summed E-state index contributed by atoms with van der Waals surface area (Å²) in [6.45, 7) is 0. The molecule has 0 aliphatic carbocycles. The van der Waals surface area contributed by atoms with Gasteiger partial charge >= 0.3 is 0 Å². The van der Waals surface area contributed by atoms with Gasteiger partial charge in [-0.1, -0.05) is 24.3 Å². The molecule has 78 valence electrons. The Kier molecular flexibility index (Phi) is 1.86. The van der Waals surface area contributed by atoms with E-state index in [1.807, 2.05) is 36.4 Å². The predicted octanol–water partition coefficient (Wildman–Crippen LogP) is 2.33. The fourth-order valence-electron chi connectivity index (χ4n) is 1.64. The number of imidazole rings is 1. The summed E-state index contributed by atoms with van der Waals surface area (Å²) in [5, 5.41) is 10.3. The summed E-state index contributed by atoms with van der Waals surface area (Å²) in [5.41, 5.74) is 1.63. The van der Waals surface area contributed by atoms with Gasteiger partial charge in [-0.2, -0.15) is 0 Å². The van der Waals surface area contributed by atoms with E-state index in [2.05, 4.69) is 15.0 Å². The zero-order chi connectivity index (χ0) is 11.0. The Labute approximate surface area is 91.6 Å². The molecule has 0 unspecified atom stereocenters. The van der Waals surface area contributed by atoms with Crippen molar-refractivity contribution in [1.29, 1.82) is 0 Å². The number of rotatable bonds is 1. The van der Waals surface area contributed by atoms with Gasteiger partial charge in [0.25, 0.3) is 0 Å². The minimum atomic E-state index is 0.0463. The molecule has 0 aliphatic heterocycles. The molecule has 0 fully saturated rings. The van der Waals surface area contributed by atoms with Crippen LogP contribution in [0.25, 0.3) is 22.4 Å². The maximum absolute atomic E-state index is 9.18. The van der Waals surface area contributed by atoms with Gasteiger partial charge in [0.15, 0.2) is 5.82 Å². The molecule has 0 spiro atoms. The monoisotopic (exact) mass is 211 g/mol. The highest BCUT2D eigenvalue weighted by Crippen LogP contribution is 2.19. The molecule has 2 aromatic heterocycles. The predicted molar refractivity (Wildman–Crippen MR) is 61.0 cm³/mol. The van der Waals surface area contributed by atoms with Crippen molar-refractivity contribution in [3.05, 3.63) is 42.6 Å². The lowest BCUT2D eigenvalue weighted by atomic mass is 10.2. The van der Waals surface area contributed by atoms with E-state index in [1.54, 1.807) is 0 Å². The molecule has 0 atom stereocenters. The van der Waals surface area contributed by atoms with E-state index < -0.39 is 0 Å². The molecule has 2 heterocycles. The molecule has 0 saturated carbocycles. The third kappa shape index (κ3) is 1.40. The number of aromatic hydroxyl groups is 1. The first-order valence-corrected chi connectivity index (χ1v) is 4.93. The minimum absolute atomic E-state index is 0.0463. The molecular weight excluding hydrogens is 202 g/mol. The Morgan fingerprint density at radius 1 is 1.06 bits per heavy atom. The van der Waals surface area contributed by atoms with Gasteiger partial charge in [0.1, 0.15) is 5.69 Å². The van der Waals surface area contributed by atoms with Crippen molar-refractivity contribution >= 4 is 10.9 Å². The molecule has 0 saturated heterocycles. The van der Waals surface area contributed by atoms with Crippen LogP contribution in [0.3, 0.4) is 0 Å². The quantitative estimate of drug-likeness (QED) is 0.649. The molecular formula is C12H9N3O. The number of benzene rings is 1. The number of fused-ring (bicyclic) bond motifs is 1. The fraction of sp³-hybridized carbons (Fsp3) is 0. The highest BCUT2D eigenvalue weighted by molar-refractivity contribution is 5.80. The number of pyridine rings is 1. The molecule has 0 bridgehead atoms. The van der Waals surface area contributed by atoms with Crippen molar-refractivity contribution in [1.82, 2.24) is 15.0 Å². The van der Waals surface area contributed by atoms with Crippen molar-refractivity contribution in [2.75, 3.05) is 0 Å². The number of nitrogens with zero attached hydrogens (tertiary/aromatic N) is 2. The first-order chi connectivity index (χ1) is 7.83. The second-order valence-electron chi connectivity index (χ2n) is 3.51. The van der Waals surface area contributed by atoms with Gasteiger partial charge < -0.3 is 10.1 Å². The summed E-state index contributed by atoms with van der Waals surface area (Å²) in [7, 11) is 0. The van der Waals surface area contributed by atoms with Crippen LogP contribution < -0.4 is 0 Å². The molecule has 1 aromatic carbocycles. The minimum Gasteiger partial charge on any atom is -0.493 e. The van der Waals surface area contributed by atoms with Crippen molar-refractivity contribution in [3.63, 3.8) is 0 Å². The Morgan fingerprint density at radius 2 is 1.94 bits per heavy atom. The van der Waals surface area contributed by atoms with E-state index in [0.29, 0.717) is 5.82 Å². The van der Waals surface area contributed by atoms with E-state index in [1.165, 1.54) is 6.20 Å². The van der Waals surface area contributed by atoms with Crippen molar-refractivity contribution in [2.24, 2.45) is 0 Å². The lowest BCUT2D eigenvalue weighted by Gasteiger charge is -1.99. The summed E-state index contributed by atoms with van der Waals surface area (Å²) >= 11 is 0. The Hall–Kier alpha value is -2.36. The number of H-pyrrole nitrogens is 1. The average molecular weight is 211 g/mol. The smallest absolute Gasteiger partial charge is 0.208 e. The highest BCUT2D eigenvalue weighted by Gasteiger charge is 2.04. The number of nitrogens with one attached hydrogen (secondary N) is 1. The lowest BCUT2D eigenvalue weighted by Crippen LogP contribution is -1.86. The van der Waals surface area contributed by atoms with Crippen molar-refractivity contribution < 1.29 is 5.11 Å². The second kappa shape index (κ2) is 3.34. The van der Waals surface area contributed by atoms with E-state index in [-0.39, 0.29) is 5.88 Å². The standard InChI is InChI=1S/C12H9N3O/c16-11-7-13-12(15-11)10-6-5-8-3-1-2-4-9(8)14-10/h1-7,16H,(H,13,15). The number of para-hydroxylation sites is 1. The van der Waals surface area contributed by atoms with E-state index in [9.17, 15) is 5.11 Å². The van der Waals surface area contributed by atoms with Crippen LogP contribution in [0, 0.1) is 0 Å². The van der Waals surface area contributed by atoms with Gasteiger partial charge in [-0.25, -0.2) is 9.97 Å². The third-order valence-corrected chi connectivity index (χ3v) is 2.40. The maximum atomic E-state index is 9.18. The van der Waals surface area contributed by atoms with Crippen molar-refractivity contribution in [3.8, 4) is 17.4 Å². The molecule has 4 heteroatoms. The molecule has 4 nitrogen and oxygen atoms in total. The van der Waals surface area contributed by atoms with Gasteiger partial charge in [0.05, 0.1) is 11.7 Å². The Bertz CT molecular complexity index is 645. The van der Waals surface area contributed by atoms with Gasteiger partial charge in [-0.05, 0) is 12.1 Å². The molecule has 2 N–H and O–H groups in total. The largest absolute Gasteiger partial charge is 0.493 e. The highest BCUT2D eigenvalue weighted by atomic mass is 16.3. The molecule has 0 aliphatic rings. The van der Waals surface area contributed by atoms with E-state index in [0.717, 1.165) is 16.6 Å². The number of hydrogen-bond donors (Lipinski definition) is 2. The summed E-state index contributed by atoms with van der Waals surface area (Å²) in [6.07, 6.45) is 1.37. The molecule has 16 heavy (non-hydrogen) atoms. The Morgan fingerprint density at radius 3 is 2.75 bits per heavy atom. The zero-order valence-electron chi connectivity index (χ0n) is 8.38. The van der Waals surface area contributed by atoms with Crippen LogP contribution in [-0.4, -0.2) is 20.1 Å². The van der Waals surface area contributed by atoms with Crippen LogP contribution in [0.1, 0.15) is 0 Å². The summed E-state index contributed by atoms with van der Waals surface area (Å²) in [6, 6.07) is 11.7. The van der Waals surface area contributed by atoms with E-state index >= 15 is 0 Å². The van der Waals surface area contributed by atoms with Crippen LogP contribution in [0.15, 0.2) is 42.6 Å². The number of aromatic nitrogens is 3. The van der Waals surface area contributed by atoms with Gasteiger partial charge in [-0.15, -0.1) is 0 Å². The van der Waals surface area contributed by atoms with Crippen LogP contribution >= 0.6 is 0 Å². The first-order valence-electron chi connectivity index (χ1n) is 4.93. The maximum Gasteiger partial charge on any atom is 0.208 e. The van der Waals surface area contributed by atoms with Gasteiger partial charge in [0.2, 0.25) is 5.88 Å².